The van der Waals surface area contributed by atoms with Crippen molar-refractivity contribution in [1.29, 1.82) is 0 Å². The zero-order valence-electron chi connectivity index (χ0n) is 11.7. The van der Waals surface area contributed by atoms with Gasteiger partial charge in [-0.1, -0.05) is 36.4 Å². The Morgan fingerprint density at radius 3 is 2.67 bits per heavy atom. The molecular formula is C17H17N3O. The number of carbonyl (C=O) groups excluding carboxylic acids is 1. The van der Waals surface area contributed by atoms with Crippen LogP contribution in [-0.2, 0) is 6.54 Å². The number of nitrogens with two attached hydrogens (primary N) is 1. The monoisotopic (exact) mass is 279 g/mol. The lowest BCUT2D eigenvalue weighted by atomic mass is 9.96. The number of nitrogens with zero attached hydrogens (tertiary/aromatic N) is 1. The summed E-state index contributed by atoms with van der Waals surface area (Å²) in [6.07, 6.45) is 0. The van der Waals surface area contributed by atoms with E-state index in [1.54, 1.807) is 0 Å². The average molecular weight is 279 g/mol. The predicted octanol–water partition coefficient (Wildman–Crippen LogP) is 2.24. The smallest absolute Gasteiger partial charge is 0.184 e. The number of ketones is 1. The third-order valence-electron chi connectivity index (χ3n) is 3.58. The summed E-state index contributed by atoms with van der Waals surface area (Å²) in [7, 11) is 0. The highest BCUT2D eigenvalue weighted by Crippen LogP contribution is 2.21. The van der Waals surface area contributed by atoms with Crippen LogP contribution >= 0.6 is 0 Å². The lowest BCUT2D eigenvalue weighted by Gasteiger charge is -2.16. The van der Waals surface area contributed by atoms with Gasteiger partial charge in [-0.05, 0) is 17.7 Å². The Morgan fingerprint density at radius 2 is 1.90 bits per heavy atom. The summed E-state index contributed by atoms with van der Waals surface area (Å²) >= 11 is 0. The van der Waals surface area contributed by atoms with Gasteiger partial charge in [0.15, 0.2) is 5.78 Å². The highest BCUT2D eigenvalue weighted by Gasteiger charge is 2.19. The molecule has 0 amide bonds. The van der Waals surface area contributed by atoms with Gasteiger partial charge in [-0.25, -0.2) is 0 Å². The van der Waals surface area contributed by atoms with Crippen molar-refractivity contribution in [2.45, 2.75) is 6.54 Å². The number of rotatable bonds is 4. The Kier molecular flexibility index (Phi) is 3.79. The number of carbonyl (C=O) groups is 1. The van der Waals surface area contributed by atoms with E-state index in [0.717, 1.165) is 23.5 Å². The first-order valence-electron chi connectivity index (χ1n) is 6.97. The molecule has 1 heterocycles. The second kappa shape index (κ2) is 5.89. The fourth-order valence-electron chi connectivity index (χ4n) is 2.45. The Labute approximate surface area is 123 Å². The van der Waals surface area contributed by atoms with E-state index in [0.29, 0.717) is 12.1 Å². The van der Waals surface area contributed by atoms with E-state index >= 15 is 0 Å². The molecule has 1 aliphatic heterocycles. The van der Waals surface area contributed by atoms with Crippen molar-refractivity contribution in [1.82, 2.24) is 0 Å². The third-order valence-corrected chi connectivity index (χ3v) is 3.58. The summed E-state index contributed by atoms with van der Waals surface area (Å²) in [5, 5.41) is 3.34. The second-order valence-electron chi connectivity index (χ2n) is 4.99. The topological polar surface area (TPSA) is 67.5 Å². The van der Waals surface area contributed by atoms with Crippen LogP contribution in [-0.4, -0.2) is 24.6 Å². The van der Waals surface area contributed by atoms with Crippen LogP contribution in [0.4, 0.5) is 5.69 Å². The molecule has 0 aliphatic carbocycles. The second-order valence-corrected chi connectivity index (χ2v) is 4.99. The van der Waals surface area contributed by atoms with E-state index in [1.165, 1.54) is 5.56 Å². The summed E-state index contributed by atoms with van der Waals surface area (Å²) in [4.78, 5) is 16.2. The van der Waals surface area contributed by atoms with E-state index in [9.17, 15) is 4.79 Å². The maximum atomic E-state index is 12.0. The predicted molar refractivity (Wildman–Crippen MR) is 85.0 cm³/mol. The molecule has 2 aromatic rings. The van der Waals surface area contributed by atoms with Gasteiger partial charge in [-0.15, -0.1) is 0 Å². The van der Waals surface area contributed by atoms with Crippen LogP contribution in [0.15, 0.2) is 53.5 Å². The molecule has 3 N–H and O–H groups in total. The lowest BCUT2D eigenvalue weighted by molar-refractivity contribution is 0.1000. The molecule has 0 atom stereocenters. The largest absolute Gasteiger partial charge is 0.381 e. The molecule has 0 saturated carbocycles. The SMILES string of the molecule is NCC1=NCC(=O)c2cc(NCc3ccccc3)ccc21. The zero-order valence-corrected chi connectivity index (χ0v) is 11.7. The van der Waals surface area contributed by atoms with Crippen LogP contribution in [0.5, 0.6) is 0 Å². The van der Waals surface area contributed by atoms with E-state index in [1.807, 2.05) is 36.4 Å². The number of fused-ring (bicyclic) bond motifs is 1. The normalized spacial score (nSPS) is 13.6. The van der Waals surface area contributed by atoms with Crippen LogP contribution in [0.2, 0.25) is 0 Å². The fourth-order valence-corrected chi connectivity index (χ4v) is 2.45. The highest BCUT2D eigenvalue weighted by molar-refractivity contribution is 6.16. The van der Waals surface area contributed by atoms with E-state index in [4.69, 9.17) is 5.73 Å². The standard InChI is InChI=1S/C17H17N3O/c18-9-16-14-7-6-13(8-15(14)17(21)11-20-16)19-10-12-4-2-1-3-5-12/h1-8,19H,9-11,18H2. The Balaban J connectivity index is 1.81. The van der Waals surface area contributed by atoms with Crippen LogP contribution in [0.3, 0.4) is 0 Å². The highest BCUT2D eigenvalue weighted by atomic mass is 16.1. The van der Waals surface area contributed by atoms with Crippen molar-refractivity contribution in [3.63, 3.8) is 0 Å². The summed E-state index contributed by atoms with van der Waals surface area (Å²) in [5.41, 5.74) is 10.2. The van der Waals surface area contributed by atoms with Gasteiger partial charge in [-0.3, -0.25) is 9.79 Å². The van der Waals surface area contributed by atoms with Crippen LogP contribution in [0, 0.1) is 0 Å². The minimum absolute atomic E-state index is 0.0468. The molecule has 3 rings (SSSR count). The maximum Gasteiger partial charge on any atom is 0.184 e. The van der Waals surface area contributed by atoms with E-state index in [-0.39, 0.29) is 12.3 Å². The molecule has 0 aromatic heterocycles. The quantitative estimate of drug-likeness (QED) is 0.902. The molecule has 0 bridgehead atoms. The van der Waals surface area contributed by atoms with Crippen LogP contribution in [0.25, 0.3) is 0 Å². The van der Waals surface area contributed by atoms with E-state index in [2.05, 4.69) is 22.4 Å². The van der Waals surface area contributed by atoms with Gasteiger partial charge in [-0.2, -0.15) is 0 Å². The van der Waals surface area contributed by atoms with Crippen molar-refractivity contribution in [3.8, 4) is 0 Å². The molecule has 0 unspecified atom stereocenters. The first-order chi connectivity index (χ1) is 10.3. The Morgan fingerprint density at radius 1 is 1.10 bits per heavy atom. The molecule has 0 saturated heterocycles. The number of hydrogen-bond donors (Lipinski definition) is 2. The molecule has 0 radical (unpaired) electrons. The Hall–Kier alpha value is -2.46. The third kappa shape index (κ3) is 2.85. The van der Waals surface area contributed by atoms with Gasteiger partial charge in [0, 0.05) is 29.9 Å². The van der Waals surface area contributed by atoms with Crippen molar-refractivity contribution in [3.05, 3.63) is 65.2 Å². The molecule has 0 fully saturated rings. The zero-order chi connectivity index (χ0) is 14.7. The van der Waals surface area contributed by atoms with Gasteiger partial charge in [0.1, 0.15) is 6.54 Å². The number of nitrogens with one attached hydrogen (secondary N) is 1. The average Bonchev–Trinajstić information content (AvgIpc) is 2.54. The molecule has 2 aromatic carbocycles. The first kappa shape index (κ1) is 13.5. The number of Topliss-reactive ketones (excluding diaryl/α,β-unsaturated/α-hetero) is 1. The van der Waals surface area contributed by atoms with Gasteiger partial charge in [0.25, 0.3) is 0 Å². The maximum absolute atomic E-state index is 12.0. The van der Waals surface area contributed by atoms with Crippen molar-refractivity contribution in [2.75, 3.05) is 18.4 Å². The molecule has 106 valence electrons. The van der Waals surface area contributed by atoms with Crippen molar-refractivity contribution < 1.29 is 4.79 Å². The summed E-state index contributed by atoms with van der Waals surface area (Å²) < 4.78 is 0. The van der Waals surface area contributed by atoms with Crippen LogP contribution < -0.4 is 11.1 Å². The van der Waals surface area contributed by atoms with E-state index < -0.39 is 0 Å². The first-order valence-corrected chi connectivity index (χ1v) is 6.97. The number of hydrogen-bond acceptors (Lipinski definition) is 4. The van der Waals surface area contributed by atoms with Gasteiger partial charge >= 0.3 is 0 Å². The lowest BCUT2D eigenvalue weighted by Crippen LogP contribution is -2.25. The van der Waals surface area contributed by atoms with Gasteiger partial charge in [0.05, 0.1) is 5.71 Å². The number of benzene rings is 2. The Bertz CT molecular complexity index is 692. The minimum atomic E-state index is 0.0468. The summed E-state index contributed by atoms with van der Waals surface area (Å²) in [6, 6.07) is 15.9. The molecule has 0 spiro atoms. The summed E-state index contributed by atoms with van der Waals surface area (Å²) in [6.45, 7) is 1.28. The number of anilines is 1. The van der Waals surface area contributed by atoms with Gasteiger partial charge < -0.3 is 11.1 Å². The fraction of sp³-hybridized carbons (Fsp3) is 0.176. The number of aliphatic imine (C=N–C) groups is 1. The molecule has 4 nitrogen and oxygen atoms in total. The van der Waals surface area contributed by atoms with Crippen LogP contribution in [0.1, 0.15) is 21.5 Å². The summed E-state index contributed by atoms with van der Waals surface area (Å²) in [5.74, 6) is 0.0468. The minimum Gasteiger partial charge on any atom is -0.381 e. The van der Waals surface area contributed by atoms with Crippen molar-refractivity contribution in [2.24, 2.45) is 10.7 Å². The molecular weight excluding hydrogens is 262 g/mol. The molecule has 4 heteroatoms. The van der Waals surface area contributed by atoms with Gasteiger partial charge in [0.2, 0.25) is 0 Å². The van der Waals surface area contributed by atoms with Crippen molar-refractivity contribution >= 4 is 17.2 Å². The molecule has 1 aliphatic rings. The molecule has 21 heavy (non-hydrogen) atoms.